The van der Waals surface area contributed by atoms with E-state index >= 15 is 0 Å². The lowest BCUT2D eigenvalue weighted by Crippen LogP contribution is -2.08. The lowest BCUT2D eigenvalue weighted by Gasteiger charge is -2.08. The number of unbranched alkanes of at least 4 members (excludes halogenated alkanes) is 8. The number of rotatable bonds is 24. The summed E-state index contributed by atoms with van der Waals surface area (Å²) in [6.45, 7) is 5.91. The second-order valence-corrected chi connectivity index (χ2v) is 15.5. The highest BCUT2D eigenvalue weighted by Gasteiger charge is 2.11. The van der Waals surface area contributed by atoms with Crippen molar-refractivity contribution in [3.8, 4) is 23.0 Å². The molecule has 0 bridgehead atoms. The predicted molar refractivity (Wildman–Crippen MR) is 254 cm³/mol. The minimum atomic E-state index is -0.444. The van der Waals surface area contributed by atoms with Crippen molar-refractivity contribution in [1.29, 1.82) is 0 Å². The molecule has 6 aromatic carbocycles. The molecule has 0 saturated heterocycles. The van der Waals surface area contributed by atoms with Crippen LogP contribution in [-0.2, 0) is 6.42 Å². The van der Waals surface area contributed by atoms with E-state index in [4.69, 9.17) is 18.9 Å². The Balaban J connectivity index is 0.898. The number of carbonyl (C=O) groups excluding carboxylic acids is 2. The van der Waals surface area contributed by atoms with Crippen LogP contribution in [0.4, 0.5) is 11.4 Å². The molecule has 0 amide bonds. The topological polar surface area (TPSA) is 95.8 Å². The van der Waals surface area contributed by atoms with Crippen molar-refractivity contribution in [3.63, 3.8) is 0 Å². The molecule has 0 atom stereocenters. The SMILES string of the molecule is CCCCCCCOc1ccc(C=Nc2ccc(C(=O)Oc3ccc(Cc4ccc(OC(=O)c5ccc(N=Cc6ccc(OCCCCCCC)cc6)cc5)cc4)cc3)cc2)cc1. The summed E-state index contributed by atoms with van der Waals surface area (Å²) < 4.78 is 23.0. The molecule has 324 valence electrons. The lowest BCUT2D eigenvalue weighted by atomic mass is 10.0. The van der Waals surface area contributed by atoms with Crippen LogP contribution in [-0.4, -0.2) is 37.6 Å². The van der Waals surface area contributed by atoms with Gasteiger partial charge in [0.15, 0.2) is 0 Å². The summed E-state index contributed by atoms with van der Waals surface area (Å²) in [5.74, 6) is 1.74. The third-order valence-electron chi connectivity index (χ3n) is 10.4. The number of hydrogen-bond donors (Lipinski definition) is 0. The molecule has 8 nitrogen and oxygen atoms in total. The molecule has 0 radical (unpaired) electrons. The number of esters is 2. The molecule has 0 aliphatic carbocycles. The van der Waals surface area contributed by atoms with Crippen LogP contribution in [0.1, 0.15) is 121 Å². The maximum Gasteiger partial charge on any atom is 0.343 e. The molecule has 6 aromatic rings. The first-order valence-corrected chi connectivity index (χ1v) is 22.3. The molecule has 0 saturated carbocycles. The Kier molecular flexibility index (Phi) is 18.3. The van der Waals surface area contributed by atoms with E-state index < -0.39 is 11.9 Å². The summed E-state index contributed by atoms with van der Waals surface area (Å²) in [4.78, 5) is 34.9. The van der Waals surface area contributed by atoms with E-state index in [-0.39, 0.29) is 0 Å². The number of aliphatic imine (C=N–C) groups is 2. The molecule has 0 N–H and O–H groups in total. The molecule has 0 aliphatic rings. The van der Waals surface area contributed by atoms with E-state index in [0.29, 0.717) is 29.0 Å². The van der Waals surface area contributed by atoms with Crippen LogP contribution in [0.2, 0.25) is 0 Å². The summed E-state index contributed by atoms with van der Waals surface area (Å²) in [6, 6.07) is 44.6. The standard InChI is InChI=1S/C55H58N2O6/c1-3-5-7-9-11-37-60-50-29-17-44(18-30-50)40-56-48-25-21-46(22-26-48)54(58)62-52-33-13-42(14-34-52)39-43-15-35-53(36-16-43)63-55(59)47-23-27-49(28-24-47)57-41-45-19-31-51(32-20-45)61-38-12-10-8-6-4-2/h13-36,40-41H,3-12,37-39H2,1-2H3. The van der Waals surface area contributed by atoms with Crippen LogP contribution in [0.25, 0.3) is 0 Å². The van der Waals surface area contributed by atoms with Crippen molar-refractivity contribution in [2.24, 2.45) is 9.98 Å². The first kappa shape index (κ1) is 45.7. The fourth-order valence-electron chi connectivity index (χ4n) is 6.68. The van der Waals surface area contributed by atoms with Crippen molar-refractivity contribution in [1.82, 2.24) is 0 Å². The number of hydrogen-bond acceptors (Lipinski definition) is 8. The molecule has 0 aromatic heterocycles. The fourth-order valence-corrected chi connectivity index (χ4v) is 6.68. The Bertz CT molecular complexity index is 2170. The van der Waals surface area contributed by atoms with E-state index in [2.05, 4.69) is 23.8 Å². The predicted octanol–water partition coefficient (Wildman–Crippen LogP) is 13.9. The number of benzene rings is 6. The van der Waals surface area contributed by atoms with Gasteiger partial charge in [-0.2, -0.15) is 0 Å². The highest BCUT2D eigenvalue weighted by molar-refractivity contribution is 5.92. The Hall–Kier alpha value is -6.80. The van der Waals surface area contributed by atoms with Gasteiger partial charge < -0.3 is 18.9 Å². The van der Waals surface area contributed by atoms with Gasteiger partial charge in [0.1, 0.15) is 23.0 Å². The summed E-state index contributed by atoms with van der Waals surface area (Å²) in [5, 5.41) is 0. The molecule has 8 heteroatoms. The van der Waals surface area contributed by atoms with E-state index in [1.165, 1.54) is 51.4 Å². The Morgan fingerprint density at radius 1 is 0.413 bits per heavy atom. The Labute approximate surface area is 372 Å². The van der Waals surface area contributed by atoms with E-state index in [0.717, 1.165) is 71.2 Å². The van der Waals surface area contributed by atoms with Gasteiger partial charge in [0, 0.05) is 12.4 Å². The molecular weight excluding hydrogens is 785 g/mol. The van der Waals surface area contributed by atoms with Crippen LogP contribution < -0.4 is 18.9 Å². The molecule has 0 spiro atoms. The quantitative estimate of drug-likeness (QED) is 0.0261. The minimum absolute atomic E-state index is 0.434. The summed E-state index contributed by atoms with van der Waals surface area (Å²) >= 11 is 0. The molecule has 0 aliphatic heterocycles. The minimum Gasteiger partial charge on any atom is -0.494 e. The van der Waals surface area contributed by atoms with Gasteiger partial charge in [0.2, 0.25) is 0 Å². The monoisotopic (exact) mass is 842 g/mol. The molecule has 0 unspecified atom stereocenters. The summed E-state index contributed by atoms with van der Waals surface area (Å²) in [6.07, 6.45) is 16.4. The number of carbonyl (C=O) groups is 2. The second-order valence-electron chi connectivity index (χ2n) is 15.5. The maximum atomic E-state index is 12.9. The smallest absolute Gasteiger partial charge is 0.343 e. The molecule has 0 heterocycles. The van der Waals surface area contributed by atoms with Crippen LogP contribution in [0.3, 0.4) is 0 Å². The number of ether oxygens (including phenoxy) is 4. The molecule has 6 rings (SSSR count). The first-order chi connectivity index (χ1) is 30.9. The molecule has 63 heavy (non-hydrogen) atoms. The highest BCUT2D eigenvalue weighted by atomic mass is 16.5. The summed E-state index contributed by atoms with van der Waals surface area (Å²) in [5.41, 5.74) is 6.33. The van der Waals surface area contributed by atoms with Gasteiger partial charge in [-0.3, -0.25) is 9.98 Å². The normalized spacial score (nSPS) is 11.2. The van der Waals surface area contributed by atoms with Crippen molar-refractivity contribution >= 4 is 35.7 Å². The second kappa shape index (κ2) is 25.2. The zero-order valence-corrected chi connectivity index (χ0v) is 36.5. The third-order valence-corrected chi connectivity index (χ3v) is 10.4. The zero-order valence-electron chi connectivity index (χ0n) is 36.5. The van der Waals surface area contributed by atoms with Gasteiger partial charge in [0.25, 0.3) is 0 Å². The van der Waals surface area contributed by atoms with Gasteiger partial charge >= 0.3 is 11.9 Å². The first-order valence-electron chi connectivity index (χ1n) is 22.3. The van der Waals surface area contributed by atoms with Crippen LogP contribution >= 0.6 is 0 Å². The van der Waals surface area contributed by atoms with Crippen LogP contribution in [0, 0.1) is 0 Å². The van der Waals surface area contributed by atoms with E-state index in [9.17, 15) is 9.59 Å². The number of nitrogens with zero attached hydrogens (tertiary/aromatic N) is 2. The van der Waals surface area contributed by atoms with Crippen LogP contribution in [0.5, 0.6) is 23.0 Å². The lowest BCUT2D eigenvalue weighted by molar-refractivity contribution is 0.0725. The Morgan fingerprint density at radius 2 is 0.762 bits per heavy atom. The third kappa shape index (κ3) is 15.9. The van der Waals surface area contributed by atoms with Crippen molar-refractivity contribution in [2.75, 3.05) is 13.2 Å². The van der Waals surface area contributed by atoms with Gasteiger partial charge in [-0.1, -0.05) is 89.5 Å². The van der Waals surface area contributed by atoms with Crippen molar-refractivity contribution in [2.45, 2.75) is 84.5 Å². The average Bonchev–Trinajstić information content (AvgIpc) is 3.32. The van der Waals surface area contributed by atoms with Crippen molar-refractivity contribution < 1.29 is 28.5 Å². The van der Waals surface area contributed by atoms with E-state index in [1.54, 1.807) is 85.2 Å². The molecule has 0 fully saturated rings. The van der Waals surface area contributed by atoms with Crippen molar-refractivity contribution in [3.05, 3.63) is 179 Å². The summed E-state index contributed by atoms with van der Waals surface area (Å²) in [7, 11) is 0. The van der Waals surface area contributed by atoms with Gasteiger partial charge in [-0.05, 0) is 163 Å². The average molecular weight is 843 g/mol. The van der Waals surface area contributed by atoms with E-state index in [1.807, 2.05) is 72.8 Å². The fraction of sp³-hybridized carbons (Fsp3) is 0.273. The maximum absolute atomic E-state index is 12.9. The molecular formula is C55H58N2O6. The van der Waals surface area contributed by atoms with Gasteiger partial charge in [0.05, 0.1) is 35.7 Å². The zero-order chi connectivity index (χ0) is 43.9. The van der Waals surface area contributed by atoms with Crippen LogP contribution in [0.15, 0.2) is 156 Å². The largest absolute Gasteiger partial charge is 0.494 e. The Morgan fingerprint density at radius 3 is 1.13 bits per heavy atom. The van der Waals surface area contributed by atoms with Gasteiger partial charge in [-0.25, -0.2) is 9.59 Å². The highest BCUT2D eigenvalue weighted by Crippen LogP contribution is 2.22. The van der Waals surface area contributed by atoms with Gasteiger partial charge in [-0.15, -0.1) is 0 Å².